The van der Waals surface area contributed by atoms with Crippen LogP contribution in [0.2, 0.25) is 0 Å². The highest BCUT2D eigenvalue weighted by Crippen LogP contribution is 2.41. The maximum absolute atomic E-state index is 14.2. The predicted molar refractivity (Wildman–Crippen MR) is 204 cm³/mol. The Morgan fingerprint density at radius 2 is 0.529 bits per heavy atom. The van der Waals surface area contributed by atoms with Crippen LogP contribution in [0.5, 0.6) is 0 Å². The summed E-state index contributed by atoms with van der Waals surface area (Å²) in [5, 5.41) is 0. The van der Waals surface area contributed by atoms with E-state index in [1.807, 2.05) is 0 Å². The van der Waals surface area contributed by atoms with Crippen molar-refractivity contribution < 1.29 is 105 Å². The van der Waals surface area contributed by atoms with Crippen LogP contribution in [0.4, 0.5) is 105 Å². The molecule has 0 aliphatic carbocycles. The lowest BCUT2D eigenvalue weighted by atomic mass is 9.12. The topological polar surface area (TPSA) is 0 Å². The van der Waals surface area contributed by atoms with Gasteiger partial charge in [-0.15, -0.1) is 0 Å². The van der Waals surface area contributed by atoms with Crippen LogP contribution in [0.25, 0.3) is 0 Å². The van der Waals surface area contributed by atoms with Crippen molar-refractivity contribution in [2.75, 3.05) is 12.5 Å². The van der Waals surface area contributed by atoms with Crippen molar-refractivity contribution in [1.29, 1.82) is 0 Å². The summed E-state index contributed by atoms with van der Waals surface area (Å²) >= 11 is 0. The van der Waals surface area contributed by atoms with Crippen LogP contribution in [0.3, 0.4) is 0 Å². The van der Waals surface area contributed by atoms with Crippen LogP contribution in [0, 0.1) is 6.92 Å². The molecule has 0 bridgehead atoms. The summed E-state index contributed by atoms with van der Waals surface area (Å²) in [5.74, 6) is 1.22. The van der Waals surface area contributed by atoms with Crippen molar-refractivity contribution in [3.05, 3.63) is 153 Å². The van der Waals surface area contributed by atoms with E-state index >= 15 is 0 Å². The predicted octanol–water partition coefficient (Wildman–Crippen LogP) is 13.6. The first kappa shape index (κ1) is 55.4. The minimum absolute atomic E-state index is 0.525. The van der Waals surface area contributed by atoms with E-state index in [-0.39, 0.29) is 0 Å². The molecule has 0 N–H and O–H groups in total. The van der Waals surface area contributed by atoms with E-state index in [4.69, 9.17) is 0 Å². The molecular formula is C42H27BF24S. The van der Waals surface area contributed by atoms with E-state index in [1.165, 1.54) is 16.9 Å². The first-order chi connectivity index (χ1) is 30.4. The van der Waals surface area contributed by atoms with Gasteiger partial charge in [0.2, 0.25) is 0 Å². The van der Waals surface area contributed by atoms with E-state index in [2.05, 4.69) is 43.7 Å². The lowest BCUT2D eigenvalue weighted by Crippen LogP contribution is -2.75. The highest BCUT2D eigenvalue weighted by atomic mass is 32.2. The van der Waals surface area contributed by atoms with Gasteiger partial charge in [-0.05, 0) is 42.1 Å². The maximum atomic E-state index is 14.2. The first-order valence-corrected chi connectivity index (χ1v) is 20.6. The summed E-state index contributed by atoms with van der Waals surface area (Å²) in [6, 6.07) is -0.0489. The van der Waals surface area contributed by atoms with Gasteiger partial charge in [0.15, 0.2) is 0 Å². The van der Waals surface area contributed by atoms with E-state index < -0.39 is 195 Å². The molecular weight excluding hydrogens is 1000 g/mol. The van der Waals surface area contributed by atoms with Gasteiger partial charge in [0.25, 0.3) is 0 Å². The van der Waals surface area contributed by atoms with Gasteiger partial charge in [0, 0.05) is 5.56 Å². The van der Waals surface area contributed by atoms with Crippen molar-refractivity contribution in [3.8, 4) is 0 Å². The average molecular weight is 1030 g/mol. The van der Waals surface area contributed by atoms with Crippen molar-refractivity contribution in [3.63, 3.8) is 0 Å². The van der Waals surface area contributed by atoms with E-state index in [1.54, 1.807) is 0 Å². The molecule has 0 fully saturated rings. The third kappa shape index (κ3) is 13.1. The molecule has 0 radical (unpaired) electrons. The summed E-state index contributed by atoms with van der Waals surface area (Å²) < 4.78 is 341. The number of halogens is 24. The third-order valence-electron chi connectivity index (χ3n) is 9.98. The number of aryl methyl sites for hydroxylation is 1. The van der Waals surface area contributed by atoms with Crippen LogP contribution in [-0.4, -0.2) is 18.7 Å². The zero-order valence-electron chi connectivity index (χ0n) is 34.0. The monoisotopic (exact) mass is 1030 g/mol. The second-order valence-electron chi connectivity index (χ2n) is 15.3. The molecule has 0 heterocycles. The van der Waals surface area contributed by atoms with Gasteiger partial charge in [0.1, 0.15) is 11.9 Å². The Labute approximate surface area is 371 Å². The van der Waals surface area contributed by atoms with E-state index in [0.717, 1.165) is 0 Å². The molecule has 0 atom stereocenters. The Hall–Kier alpha value is -5.17. The van der Waals surface area contributed by atoms with Gasteiger partial charge in [0.05, 0.1) is 57.0 Å². The van der Waals surface area contributed by atoms with Gasteiger partial charge in [-0.25, -0.2) is 0 Å². The van der Waals surface area contributed by atoms with Crippen molar-refractivity contribution in [1.82, 2.24) is 0 Å². The summed E-state index contributed by atoms with van der Waals surface area (Å²) in [6.07, 6.45) is -50.2. The highest BCUT2D eigenvalue weighted by molar-refractivity contribution is 7.94. The van der Waals surface area contributed by atoms with Gasteiger partial charge < -0.3 is 0 Å². The molecule has 5 aromatic rings. The standard InChI is InChI=1S/C32H12BF24.C10H15S/c34-25(35,36)13-1-14(26(37,38)39)6-21(5-13)33(22-7-15(27(40,41)42)2-16(8-22)28(43,44)45,23-9-17(29(46,47)48)3-18(10-23)30(49,50)51)24-11-19(31(52,53)54)4-20(12-24)32(55,56)57;1-9-5-4-6-10(7-9)8-11(2)3/h1-12H;4-7H,8H2,1-3H3/q-1;+1. The highest BCUT2D eigenvalue weighted by Gasteiger charge is 2.47. The second-order valence-corrected chi connectivity index (χ2v) is 17.6. The van der Waals surface area contributed by atoms with Gasteiger partial charge >= 0.3 is 49.4 Å². The molecule has 0 saturated carbocycles. The van der Waals surface area contributed by atoms with Crippen molar-refractivity contribution in [2.45, 2.75) is 62.1 Å². The molecule has 5 rings (SSSR count). The fourth-order valence-electron chi connectivity index (χ4n) is 7.21. The molecule has 0 amide bonds. The summed E-state index contributed by atoms with van der Waals surface area (Å²) in [5.41, 5.74) is -27.4. The number of rotatable bonds is 6. The Balaban J connectivity index is 0.000000802. The van der Waals surface area contributed by atoms with Crippen LogP contribution in [0.1, 0.15) is 55.6 Å². The Morgan fingerprint density at radius 1 is 0.324 bits per heavy atom. The smallest absolute Gasteiger partial charge is 0.194 e. The SMILES string of the molecule is Cc1cccc(C[S+](C)C)c1.FC(F)(F)c1cc([B-](c2cc(C(F)(F)F)cc(C(F)(F)F)c2)(c2cc(C(F)(F)F)cc(C(F)(F)F)c2)c2cc(C(F)(F)F)cc(C(F)(F)F)c2)cc(C(F)(F)F)c1. The van der Waals surface area contributed by atoms with Crippen LogP contribution in [-0.2, 0) is 66.1 Å². The Morgan fingerprint density at radius 3 is 0.691 bits per heavy atom. The van der Waals surface area contributed by atoms with Gasteiger partial charge in [-0.1, -0.05) is 78.4 Å². The second kappa shape index (κ2) is 18.6. The molecule has 0 aromatic heterocycles. The molecule has 68 heavy (non-hydrogen) atoms. The summed E-state index contributed by atoms with van der Waals surface area (Å²) in [4.78, 5) is 0. The molecule has 26 heteroatoms. The minimum Gasteiger partial charge on any atom is -0.194 e. The largest absolute Gasteiger partial charge is 0.416 e. The van der Waals surface area contributed by atoms with Gasteiger partial charge in [-0.2, -0.15) is 127 Å². The first-order valence-electron chi connectivity index (χ1n) is 18.4. The van der Waals surface area contributed by atoms with Crippen LogP contribution >= 0.6 is 0 Å². The number of hydrogen-bond acceptors (Lipinski definition) is 0. The molecule has 372 valence electrons. The molecule has 0 aliphatic heterocycles. The number of benzene rings is 5. The quantitative estimate of drug-likeness (QED) is 0.0903. The van der Waals surface area contributed by atoms with E-state index in [0.29, 0.717) is 10.9 Å². The normalized spacial score (nSPS) is 13.7. The van der Waals surface area contributed by atoms with Gasteiger partial charge in [-0.3, -0.25) is 0 Å². The Kier molecular flexibility index (Phi) is 15.2. The third-order valence-corrected chi connectivity index (χ3v) is 10.9. The summed E-state index contributed by atoms with van der Waals surface area (Å²) in [7, 11) is 0.525. The fourth-order valence-corrected chi connectivity index (χ4v) is 8.05. The molecule has 0 spiro atoms. The lowest BCUT2D eigenvalue weighted by molar-refractivity contribution is -0.144. The molecule has 5 aromatic carbocycles. The fraction of sp³-hybridized carbons (Fsp3) is 0.286. The zero-order valence-corrected chi connectivity index (χ0v) is 34.8. The van der Waals surface area contributed by atoms with Crippen molar-refractivity contribution in [2.24, 2.45) is 0 Å². The summed E-state index contributed by atoms with van der Waals surface area (Å²) in [6.45, 7) is 2.15. The molecule has 0 saturated heterocycles. The molecule has 0 aliphatic rings. The van der Waals surface area contributed by atoms with Crippen LogP contribution < -0.4 is 21.9 Å². The van der Waals surface area contributed by atoms with E-state index in [9.17, 15) is 105 Å². The van der Waals surface area contributed by atoms with Crippen molar-refractivity contribution >= 4 is 38.9 Å². The average Bonchev–Trinajstić information content (AvgIpc) is 3.15. The minimum atomic E-state index is -6.13. The Bertz CT molecular complexity index is 2150. The lowest BCUT2D eigenvalue weighted by Gasteiger charge is -2.46. The zero-order chi connectivity index (χ0) is 52.2. The maximum Gasteiger partial charge on any atom is 0.416 e. The number of hydrogen-bond donors (Lipinski definition) is 0. The molecule has 0 unspecified atom stereocenters. The van der Waals surface area contributed by atoms with Crippen LogP contribution in [0.15, 0.2) is 97.1 Å². The number of alkyl halides is 24. The molecule has 0 nitrogen and oxygen atoms in total.